The van der Waals surface area contributed by atoms with Gasteiger partial charge in [0.25, 0.3) is 0 Å². The normalized spacial score (nSPS) is 11.5. The summed E-state index contributed by atoms with van der Waals surface area (Å²) in [7, 11) is -4.11. The molecule has 7 heteroatoms. The molecule has 0 aromatic heterocycles. The van der Waals surface area contributed by atoms with Gasteiger partial charge in [-0.1, -0.05) is 0 Å². The van der Waals surface area contributed by atoms with Gasteiger partial charge in [0, 0.05) is 0 Å². The number of hydrogen-bond acceptors (Lipinski definition) is 5. The zero-order valence-corrected chi connectivity index (χ0v) is 9.53. The minimum absolute atomic E-state index is 0.479. The highest BCUT2D eigenvalue weighted by Gasteiger charge is 2.03. The molecule has 13 heavy (non-hydrogen) atoms. The van der Waals surface area contributed by atoms with Crippen LogP contribution in [0.1, 0.15) is 12.8 Å². The molecule has 0 bridgehead atoms. The van der Waals surface area contributed by atoms with E-state index in [1.165, 1.54) is 0 Å². The average molecular weight is 223 g/mol. The second kappa shape index (κ2) is 8.82. The van der Waals surface area contributed by atoms with Crippen LogP contribution >= 0.6 is 0 Å². The third-order valence-electron chi connectivity index (χ3n) is 1.51. The first kappa shape index (κ1) is 13.2. The smallest absolute Gasteiger partial charge is 0.378 e. The summed E-state index contributed by atoms with van der Waals surface area (Å²) in [4.78, 5) is 34.4. The highest BCUT2D eigenvalue weighted by atomic mass is 28.3. The molecular weight excluding hydrogens is 206 g/mol. The third-order valence-corrected chi connectivity index (χ3v) is 3.11. The van der Waals surface area contributed by atoms with Crippen LogP contribution < -0.4 is 5.32 Å². The van der Waals surface area contributed by atoms with E-state index in [0.29, 0.717) is 12.1 Å². The summed E-state index contributed by atoms with van der Waals surface area (Å²) in [6.07, 6.45) is 1.52. The summed E-state index contributed by atoms with van der Waals surface area (Å²) in [6, 6.07) is 0.958. The minimum atomic E-state index is -2.06. The molecule has 0 aromatic carbocycles. The molecule has 0 heterocycles. The predicted molar refractivity (Wildman–Crippen MR) is 52.1 cm³/mol. The van der Waals surface area contributed by atoms with E-state index >= 15 is 0 Å². The molecule has 0 atom stereocenters. The van der Waals surface area contributed by atoms with E-state index in [4.69, 9.17) is 19.2 Å². The third kappa shape index (κ3) is 12.2. The lowest BCUT2D eigenvalue weighted by Gasteiger charge is -2.03. The maximum Gasteiger partial charge on any atom is 0.378 e. The van der Waals surface area contributed by atoms with E-state index in [9.17, 15) is 0 Å². The fraction of sp³-hybridized carbons (Fsp3) is 1.00. The molecule has 5 nitrogen and oxygen atoms in total. The molecule has 78 valence electrons. The largest absolute Gasteiger partial charge is 0.410 e. The van der Waals surface area contributed by atoms with E-state index in [-0.39, 0.29) is 0 Å². The van der Waals surface area contributed by atoms with Gasteiger partial charge in [0.2, 0.25) is 0 Å². The Bertz CT molecular complexity index is 103. The standard InChI is InChI=1S/C6H17NO4Si2/c8-12(9)5-1-3-7-4-2-6-13(10)11/h7-11H,1-6H2. The second-order valence-corrected chi connectivity index (χ2v) is 5.45. The van der Waals surface area contributed by atoms with E-state index in [2.05, 4.69) is 5.32 Å². The molecule has 0 unspecified atom stereocenters. The highest BCUT2D eigenvalue weighted by molar-refractivity contribution is 6.41. The van der Waals surface area contributed by atoms with Crippen LogP contribution in [0, 0.1) is 0 Å². The van der Waals surface area contributed by atoms with Crippen LogP contribution in [0.25, 0.3) is 0 Å². The first-order chi connectivity index (χ1) is 6.13. The molecule has 0 aliphatic carbocycles. The Kier molecular flexibility index (Phi) is 8.97. The Morgan fingerprint density at radius 3 is 1.46 bits per heavy atom. The monoisotopic (exact) mass is 223 g/mol. The molecule has 0 amide bonds. The summed E-state index contributed by atoms with van der Waals surface area (Å²) in [6.45, 7) is 1.52. The fourth-order valence-electron chi connectivity index (χ4n) is 0.868. The molecule has 0 aliphatic rings. The maximum atomic E-state index is 8.60. The van der Waals surface area contributed by atoms with Crippen molar-refractivity contribution >= 4 is 18.6 Å². The van der Waals surface area contributed by atoms with Gasteiger partial charge in [-0.25, -0.2) is 0 Å². The van der Waals surface area contributed by atoms with Crippen molar-refractivity contribution in [2.24, 2.45) is 0 Å². The highest BCUT2D eigenvalue weighted by Crippen LogP contribution is 1.92. The van der Waals surface area contributed by atoms with E-state index in [1.807, 2.05) is 0 Å². The lowest BCUT2D eigenvalue weighted by Crippen LogP contribution is -2.21. The average Bonchev–Trinajstić information content (AvgIpc) is 2.01. The van der Waals surface area contributed by atoms with Crippen LogP contribution in [-0.2, 0) is 0 Å². The number of hydrogen-bond donors (Lipinski definition) is 5. The topological polar surface area (TPSA) is 93.0 Å². The number of nitrogens with one attached hydrogen (secondary N) is 1. The van der Waals surface area contributed by atoms with Gasteiger partial charge in [-0.15, -0.1) is 0 Å². The lowest BCUT2D eigenvalue weighted by atomic mass is 10.4. The van der Waals surface area contributed by atoms with Gasteiger partial charge in [-0.3, -0.25) is 0 Å². The molecular formula is C6H17NO4Si2. The zero-order chi connectivity index (χ0) is 10.1. The molecule has 0 spiro atoms. The predicted octanol–water partition coefficient (Wildman–Crippen LogP) is -1.70. The Hall–Kier alpha value is 0.234. The van der Waals surface area contributed by atoms with Gasteiger partial charge >= 0.3 is 18.6 Å². The zero-order valence-electron chi connectivity index (χ0n) is 7.53. The Morgan fingerprint density at radius 2 is 1.15 bits per heavy atom. The molecule has 0 saturated heterocycles. The Labute approximate surface area is 81.7 Å². The Balaban J connectivity index is 2.92. The molecule has 5 N–H and O–H groups in total. The van der Waals surface area contributed by atoms with Crippen LogP contribution in [0.5, 0.6) is 0 Å². The van der Waals surface area contributed by atoms with Crippen molar-refractivity contribution in [1.82, 2.24) is 5.32 Å². The van der Waals surface area contributed by atoms with Crippen molar-refractivity contribution in [2.75, 3.05) is 13.1 Å². The fourth-order valence-corrected chi connectivity index (χ4v) is 1.85. The number of rotatable bonds is 8. The van der Waals surface area contributed by atoms with Crippen molar-refractivity contribution < 1.29 is 19.2 Å². The molecule has 0 aliphatic heterocycles. The molecule has 2 radical (unpaired) electrons. The molecule has 0 aromatic rings. The van der Waals surface area contributed by atoms with Gasteiger partial charge in [0.15, 0.2) is 0 Å². The van der Waals surface area contributed by atoms with Crippen molar-refractivity contribution in [3.63, 3.8) is 0 Å². The van der Waals surface area contributed by atoms with Crippen molar-refractivity contribution in [3.05, 3.63) is 0 Å². The summed E-state index contributed by atoms with van der Waals surface area (Å²) in [5.74, 6) is 0. The van der Waals surface area contributed by atoms with E-state index < -0.39 is 18.6 Å². The van der Waals surface area contributed by atoms with Crippen LogP contribution in [-0.4, -0.2) is 50.8 Å². The first-order valence-corrected chi connectivity index (χ1v) is 7.51. The van der Waals surface area contributed by atoms with E-state index in [0.717, 1.165) is 25.9 Å². The lowest BCUT2D eigenvalue weighted by molar-refractivity contribution is 0.401. The maximum absolute atomic E-state index is 8.60. The van der Waals surface area contributed by atoms with Gasteiger partial charge in [-0.2, -0.15) is 0 Å². The molecule has 0 saturated carbocycles. The SMILES string of the molecule is O[Si](O)CCCNCCC[Si](O)O. The van der Waals surface area contributed by atoms with Crippen LogP contribution in [0.15, 0.2) is 0 Å². The van der Waals surface area contributed by atoms with Crippen molar-refractivity contribution in [3.8, 4) is 0 Å². The minimum Gasteiger partial charge on any atom is -0.410 e. The summed E-state index contributed by atoms with van der Waals surface area (Å²) < 4.78 is 0. The quantitative estimate of drug-likeness (QED) is 0.250. The van der Waals surface area contributed by atoms with E-state index in [1.54, 1.807) is 0 Å². The van der Waals surface area contributed by atoms with Crippen molar-refractivity contribution in [2.45, 2.75) is 24.9 Å². The molecule has 0 fully saturated rings. The summed E-state index contributed by atoms with van der Waals surface area (Å²) in [5, 5.41) is 3.08. The van der Waals surface area contributed by atoms with Gasteiger partial charge in [0.1, 0.15) is 0 Å². The molecule has 0 rings (SSSR count). The summed E-state index contributed by atoms with van der Waals surface area (Å²) in [5.41, 5.74) is 0. The first-order valence-electron chi connectivity index (χ1n) is 4.31. The van der Waals surface area contributed by atoms with Crippen molar-refractivity contribution in [1.29, 1.82) is 0 Å². The van der Waals surface area contributed by atoms with Crippen LogP contribution in [0.2, 0.25) is 12.1 Å². The summed E-state index contributed by atoms with van der Waals surface area (Å²) >= 11 is 0. The van der Waals surface area contributed by atoms with Crippen LogP contribution in [0.3, 0.4) is 0 Å². The van der Waals surface area contributed by atoms with Gasteiger partial charge in [0.05, 0.1) is 0 Å². The van der Waals surface area contributed by atoms with Gasteiger partial charge in [-0.05, 0) is 38.0 Å². The van der Waals surface area contributed by atoms with Crippen LogP contribution in [0.4, 0.5) is 0 Å². The Morgan fingerprint density at radius 1 is 0.769 bits per heavy atom. The van der Waals surface area contributed by atoms with Gasteiger partial charge < -0.3 is 24.5 Å². The second-order valence-electron chi connectivity index (χ2n) is 2.79.